The summed E-state index contributed by atoms with van der Waals surface area (Å²) in [5.74, 6) is -0.684. The molecule has 1 amide bonds. The fourth-order valence-electron chi connectivity index (χ4n) is 4.36. The van der Waals surface area contributed by atoms with E-state index in [1.165, 1.54) is 40.7 Å². The standard InChI is InChI=1S/C29H31ClFN3O3S/c1-21(2)18-34(38(36,37)26-13-9-24(30)10-14-26)20-29(35)33(19-22-7-11-25(31)12-8-22)16-15-23-17-32-28-6-4-3-5-27(23)28/h3-14,17,21,32H,15-16,18-20H2,1-2H3. The van der Waals surface area contributed by atoms with Gasteiger partial charge in [0.25, 0.3) is 0 Å². The number of amides is 1. The molecular formula is C29H31ClFN3O3S. The molecule has 0 spiro atoms. The second-order valence-corrected chi connectivity index (χ2v) is 12.1. The van der Waals surface area contributed by atoms with Gasteiger partial charge >= 0.3 is 0 Å². The SMILES string of the molecule is CC(C)CN(CC(=O)N(CCc1c[nH]c2ccccc12)Cc1ccc(F)cc1)S(=O)(=O)c1ccc(Cl)cc1. The molecule has 3 aromatic carbocycles. The van der Waals surface area contributed by atoms with Gasteiger partial charge in [0.1, 0.15) is 5.82 Å². The van der Waals surface area contributed by atoms with Crippen LogP contribution in [0.5, 0.6) is 0 Å². The summed E-state index contributed by atoms with van der Waals surface area (Å²) in [6.07, 6.45) is 2.51. The van der Waals surface area contributed by atoms with Gasteiger partial charge in [-0.3, -0.25) is 4.79 Å². The lowest BCUT2D eigenvalue weighted by Crippen LogP contribution is -2.44. The van der Waals surface area contributed by atoms with Crippen molar-refractivity contribution in [3.8, 4) is 0 Å². The minimum absolute atomic E-state index is 0.00152. The van der Waals surface area contributed by atoms with Crippen molar-refractivity contribution in [1.29, 1.82) is 0 Å². The molecule has 0 fully saturated rings. The molecule has 1 heterocycles. The van der Waals surface area contributed by atoms with E-state index >= 15 is 0 Å². The average molecular weight is 556 g/mol. The third kappa shape index (κ3) is 6.81. The van der Waals surface area contributed by atoms with Crippen molar-refractivity contribution < 1.29 is 17.6 Å². The van der Waals surface area contributed by atoms with Gasteiger partial charge in [0, 0.05) is 41.8 Å². The maximum Gasteiger partial charge on any atom is 0.243 e. The van der Waals surface area contributed by atoms with E-state index in [0.717, 1.165) is 22.0 Å². The first-order chi connectivity index (χ1) is 18.1. The fraction of sp³-hybridized carbons (Fsp3) is 0.276. The number of sulfonamides is 1. The molecule has 0 aliphatic rings. The normalized spacial score (nSPS) is 11.9. The lowest BCUT2D eigenvalue weighted by atomic mass is 10.1. The van der Waals surface area contributed by atoms with Gasteiger partial charge in [0.15, 0.2) is 0 Å². The van der Waals surface area contributed by atoms with Crippen LogP contribution in [0.25, 0.3) is 10.9 Å². The van der Waals surface area contributed by atoms with Crippen LogP contribution < -0.4 is 0 Å². The van der Waals surface area contributed by atoms with E-state index in [1.807, 2.05) is 44.3 Å². The second kappa shape index (κ2) is 12.1. The van der Waals surface area contributed by atoms with Crippen LogP contribution in [-0.2, 0) is 27.8 Å². The van der Waals surface area contributed by atoms with Gasteiger partial charge in [-0.1, -0.05) is 55.8 Å². The minimum atomic E-state index is -3.93. The second-order valence-electron chi connectivity index (χ2n) is 9.70. The van der Waals surface area contributed by atoms with Crippen molar-refractivity contribution in [2.24, 2.45) is 5.92 Å². The van der Waals surface area contributed by atoms with Crippen LogP contribution in [0, 0.1) is 11.7 Å². The highest BCUT2D eigenvalue weighted by Crippen LogP contribution is 2.22. The highest BCUT2D eigenvalue weighted by Gasteiger charge is 2.29. The van der Waals surface area contributed by atoms with Gasteiger partial charge in [-0.05, 0) is 65.9 Å². The Hall–Kier alpha value is -3.20. The van der Waals surface area contributed by atoms with Gasteiger partial charge in [-0.15, -0.1) is 0 Å². The molecule has 1 N–H and O–H groups in total. The van der Waals surface area contributed by atoms with Gasteiger partial charge < -0.3 is 9.88 Å². The van der Waals surface area contributed by atoms with Gasteiger partial charge in [0.05, 0.1) is 11.4 Å². The summed E-state index contributed by atoms with van der Waals surface area (Å²) in [6.45, 7) is 4.29. The highest BCUT2D eigenvalue weighted by atomic mass is 35.5. The Kier molecular flexibility index (Phi) is 8.87. The van der Waals surface area contributed by atoms with Crippen molar-refractivity contribution in [2.45, 2.75) is 31.7 Å². The molecule has 0 radical (unpaired) electrons. The fourth-order valence-corrected chi connectivity index (χ4v) is 6.04. The number of nitrogens with zero attached hydrogens (tertiary/aromatic N) is 2. The quantitative estimate of drug-likeness (QED) is 0.251. The lowest BCUT2D eigenvalue weighted by molar-refractivity contribution is -0.132. The van der Waals surface area contributed by atoms with E-state index < -0.39 is 10.0 Å². The molecule has 0 saturated carbocycles. The first-order valence-corrected chi connectivity index (χ1v) is 14.3. The van der Waals surface area contributed by atoms with E-state index in [2.05, 4.69) is 4.98 Å². The van der Waals surface area contributed by atoms with E-state index in [1.54, 1.807) is 17.0 Å². The predicted octanol–water partition coefficient (Wildman–Crippen LogP) is 5.88. The molecule has 0 unspecified atom stereocenters. The number of rotatable bonds is 11. The summed E-state index contributed by atoms with van der Waals surface area (Å²) in [5, 5.41) is 1.51. The predicted molar refractivity (Wildman–Crippen MR) is 149 cm³/mol. The van der Waals surface area contributed by atoms with Crippen molar-refractivity contribution in [2.75, 3.05) is 19.6 Å². The lowest BCUT2D eigenvalue weighted by Gasteiger charge is -2.28. The zero-order valence-corrected chi connectivity index (χ0v) is 23.0. The number of para-hydroxylation sites is 1. The molecule has 0 saturated heterocycles. The van der Waals surface area contributed by atoms with Crippen molar-refractivity contribution in [3.63, 3.8) is 0 Å². The number of carbonyl (C=O) groups is 1. The van der Waals surface area contributed by atoms with Crippen molar-refractivity contribution in [1.82, 2.24) is 14.2 Å². The molecule has 4 aromatic rings. The number of benzene rings is 3. The Balaban J connectivity index is 1.59. The molecule has 1 aromatic heterocycles. The van der Waals surface area contributed by atoms with Crippen LogP contribution in [0.3, 0.4) is 0 Å². The van der Waals surface area contributed by atoms with E-state index in [0.29, 0.717) is 18.0 Å². The molecule has 0 atom stereocenters. The number of hydrogen-bond donors (Lipinski definition) is 1. The largest absolute Gasteiger partial charge is 0.361 e. The Morgan fingerprint density at radius 1 is 1.00 bits per heavy atom. The number of halogens is 2. The Morgan fingerprint density at radius 2 is 1.68 bits per heavy atom. The first-order valence-electron chi connectivity index (χ1n) is 12.5. The number of aromatic nitrogens is 1. The van der Waals surface area contributed by atoms with Crippen molar-refractivity contribution in [3.05, 3.63) is 101 Å². The van der Waals surface area contributed by atoms with Gasteiger partial charge in [-0.25, -0.2) is 12.8 Å². The molecule has 9 heteroatoms. The molecule has 38 heavy (non-hydrogen) atoms. The summed E-state index contributed by atoms with van der Waals surface area (Å²) >= 11 is 5.96. The van der Waals surface area contributed by atoms with E-state index in [4.69, 9.17) is 11.6 Å². The number of nitrogens with one attached hydrogen (secondary N) is 1. The van der Waals surface area contributed by atoms with E-state index in [9.17, 15) is 17.6 Å². The molecule has 0 aliphatic carbocycles. The monoisotopic (exact) mass is 555 g/mol. The number of hydrogen-bond acceptors (Lipinski definition) is 3. The Morgan fingerprint density at radius 3 is 2.37 bits per heavy atom. The van der Waals surface area contributed by atoms with Crippen LogP contribution in [0.4, 0.5) is 4.39 Å². The Labute approximate surface area is 228 Å². The third-order valence-corrected chi connectivity index (χ3v) is 8.38. The van der Waals surface area contributed by atoms with Crippen molar-refractivity contribution >= 4 is 38.4 Å². The summed E-state index contributed by atoms with van der Waals surface area (Å²) in [6, 6.07) is 19.9. The van der Waals surface area contributed by atoms with Gasteiger partial charge in [0.2, 0.25) is 15.9 Å². The average Bonchev–Trinajstić information content (AvgIpc) is 3.30. The molecular weight excluding hydrogens is 525 g/mol. The summed E-state index contributed by atoms with van der Waals surface area (Å²) in [5.41, 5.74) is 2.83. The molecule has 6 nitrogen and oxygen atoms in total. The smallest absolute Gasteiger partial charge is 0.243 e. The maximum absolute atomic E-state index is 13.7. The summed E-state index contributed by atoms with van der Waals surface area (Å²) in [4.78, 5) is 18.7. The molecule has 4 rings (SSSR count). The first kappa shape index (κ1) is 27.8. The summed E-state index contributed by atoms with van der Waals surface area (Å²) in [7, 11) is -3.93. The molecule has 0 bridgehead atoms. The maximum atomic E-state index is 13.7. The van der Waals surface area contributed by atoms with Crippen LogP contribution in [0.1, 0.15) is 25.0 Å². The summed E-state index contributed by atoms with van der Waals surface area (Å²) < 4.78 is 41.7. The number of aromatic amines is 1. The minimum Gasteiger partial charge on any atom is -0.361 e. The van der Waals surface area contributed by atoms with Gasteiger partial charge in [-0.2, -0.15) is 4.31 Å². The van der Waals surface area contributed by atoms with E-state index in [-0.39, 0.29) is 42.2 Å². The third-order valence-electron chi connectivity index (χ3n) is 6.30. The van der Waals surface area contributed by atoms with Crippen LogP contribution in [-0.4, -0.2) is 48.1 Å². The number of H-pyrrole nitrogens is 1. The zero-order valence-electron chi connectivity index (χ0n) is 21.4. The highest BCUT2D eigenvalue weighted by molar-refractivity contribution is 7.89. The number of fused-ring (bicyclic) bond motifs is 1. The van der Waals surface area contributed by atoms with Crippen LogP contribution in [0.15, 0.2) is 83.9 Å². The zero-order chi connectivity index (χ0) is 27.3. The topological polar surface area (TPSA) is 73.5 Å². The van der Waals surface area contributed by atoms with Crippen LogP contribution >= 0.6 is 11.6 Å². The number of carbonyl (C=O) groups excluding carboxylic acids is 1. The molecule has 200 valence electrons. The van der Waals surface area contributed by atoms with Crippen LogP contribution in [0.2, 0.25) is 5.02 Å². The molecule has 0 aliphatic heterocycles. The Bertz CT molecular complexity index is 1490.